The minimum absolute atomic E-state index is 0.158. The van der Waals surface area contributed by atoms with E-state index in [1.165, 1.54) is 12.0 Å². The highest BCUT2D eigenvalue weighted by molar-refractivity contribution is 7.95. The molecule has 0 fully saturated rings. The van der Waals surface area contributed by atoms with Gasteiger partial charge in [-0.1, -0.05) is 6.92 Å². The van der Waals surface area contributed by atoms with Gasteiger partial charge in [-0.2, -0.15) is 0 Å². The lowest BCUT2D eigenvalue weighted by Gasteiger charge is -2.24. The van der Waals surface area contributed by atoms with Crippen molar-refractivity contribution in [2.75, 3.05) is 5.75 Å². The Bertz CT molecular complexity index is 183. The van der Waals surface area contributed by atoms with E-state index in [0.29, 0.717) is 6.04 Å². The highest BCUT2D eigenvalue weighted by Gasteiger charge is 2.28. The molecule has 0 aromatic rings. The second-order valence-corrected chi connectivity index (χ2v) is 9.05. The number of hydrogen-bond acceptors (Lipinski definition) is 4. The molecule has 0 aliphatic carbocycles. The molecule has 0 rings (SSSR count). The normalized spacial score (nSPS) is 11.9. The van der Waals surface area contributed by atoms with Gasteiger partial charge < -0.3 is 8.61 Å². The quantitative estimate of drug-likeness (QED) is 0.525. The van der Waals surface area contributed by atoms with Gasteiger partial charge in [-0.05, 0) is 26.9 Å². The molecule has 0 amide bonds. The topological polar surface area (TPSA) is 35.5 Å². The zero-order valence-electron chi connectivity index (χ0n) is 9.62. The average Bonchev–Trinajstić information content (AvgIpc) is 1.96. The van der Waals surface area contributed by atoms with E-state index in [4.69, 9.17) is 8.61 Å². The first kappa shape index (κ1) is 14.0. The van der Waals surface area contributed by atoms with Crippen LogP contribution in [0.25, 0.3) is 0 Å². The summed E-state index contributed by atoms with van der Waals surface area (Å²) < 4.78 is 10.7. The van der Waals surface area contributed by atoms with Gasteiger partial charge in [0.1, 0.15) is 0 Å². The molecular weight excluding hydrogens is 216 g/mol. The van der Waals surface area contributed by atoms with E-state index in [1.807, 2.05) is 33.9 Å². The average molecular weight is 236 g/mol. The van der Waals surface area contributed by atoms with Gasteiger partial charge in [-0.15, -0.1) is 0 Å². The largest absolute Gasteiger partial charge is 0.414 e. The fraction of sp³-hybridized carbons (Fsp3) is 0.889. The lowest BCUT2D eigenvalue weighted by Crippen LogP contribution is -2.35. The Labute approximate surface area is 91.9 Å². The zero-order chi connectivity index (χ0) is 11.2. The maximum Gasteiger partial charge on any atom is 0.317 e. The summed E-state index contributed by atoms with van der Waals surface area (Å²) in [5.41, 5.74) is 0. The first-order valence-electron chi connectivity index (χ1n) is 4.87. The molecule has 0 aromatic heterocycles. The van der Waals surface area contributed by atoms with Gasteiger partial charge in [0.05, 0.1) is 18.1 Å². The molecule has 0 saturated heterocycles. The second-order valence-electron chi connectivity index (χ2n) is 3.96. The molecule has 5 heteroatoms. The predicted octanol–water partition coefficient (Wildman–Crippen LogP) is 2.83. The van der Waals surface area contributed by atoms with Crippen LogP contribution in [0.2, 0.25) is 19.1 Å². The van der Waals surface area contributed by atoms with Gasteiger partial charge in [-0.25, -0.2) is 0 Å². The molecule has 0 atom stereocenters. The summed E-state index contributed by atoms with van der Waals surface area (Å²) in [7, 11) is -1.87. The number of carbonyl (C=O) groups is 1. The number of hydrogen-bond donors (Lipinski definition) is 0. The highest BCUT2D eigenvalue weighted by atomic mass is 32.2. The standard InChI is InChI=1S/C9H20O3SSi/c1-6-13-11-9(10)7-14(4,5)12-8(2)3/h8H,6-7H2,1-5H3. The Balaban J connectivity index is 3.89. The van der Waals surface area contributed by atoms with Crippen LogP contribution in [0.3, 0.4) is 0 Å². The van der Waals surface area contributed by atoms with Crippen molar-refractivity contribution in [2.45, 2.75) is 46.0 Å². The van der Waals surface area contributed by atoms with E-state index in [-0.39, 0.29) is 12.1 Å². The summed E-state index contributed by atoms with van der Waals surface area (Å²) in [5.74, 6) is 0.632. The Morgan fingerprint density at radius 1 is 1.43 bits per heavy atom. The van der Waals surface area contributed by atoms with Crippen molar-refractivity contribution in [1.29, 1.82) is 0 Å². The Morgan fingerprint density at radius 3 is 2.43 bits per heavy atom. The summed E-state index contributed by atoms with van der Waals surface area (Å²) in [4.78, 5) is 11.3. The lowest BCUT2D eigenvalue weighted by molar-refractivity contribution is -0.130. The van der Waals surface area contributed by atoms with E-state index in [9.17, 15) is 4.79 Å². The van der Waals surface area contributed by atoms with Crippen molar-refractivity contribution < 1.29 is 13.4 Å². The lowest BCUT2D eigenvalue weighted by atomic mass is 10.5. The molecule has 0 heterocycles. The van der Waals surface area contributed by atoms with Gasteiger partial charge in [0.25, 0.3) is 0 Å². The maximum absolute atomic E-state index is 11.3. The monoisotopic (exact) mass is 236 g/mol. The molecule has 84 valence electrons. The van der Waals surface area contributed by atoms with E-state index in [2.05, 4.69) is 0 Å². The summed E-state index contributed by atoms with van der Waals surface area (Å²) in [6, 6.07) is 0.429. The van der Waals surface area contributed by atoms with Gasteiger partial charge in [0, 0.05) is 11.9 Å². The maximum atomic E-state index is 11.3. The van der Waals surface area contributed by atoms with Crippen LogP contribution < -0.4 is 0 Å². The number of carbonyl (C=O) groups excluding carboxylic acids is 1. The molecule has 0 N–H and O–H groups in total. The van der Waals surface area contributed by atoms with Crippen LogP contribution in [0, 0.1) is 0 Å². The van der Waals surface area contributed by atoms with Gasteiger partial charge in [-0.3, -0.25) is 4.79 Å². The van der Waals surface area contributed by atoms with E-state index in [1.54, 1.807) is 0 Å². The van der Waals surface area contributed by atoms with Crippen molar-refractivity contribution in [3.8, 4) is 0 Å². The SMILES string of the molecule is CCSOC(=O)C[Si](C)(C)OC(C)C. The van der Waals surface area contributed by atoms with E-state index < -0.39 is 8.32 Å². The molecule has 0 spiro atoms. The Hall–Kier alpha value is -0.00312. The van der Waals surface area contributed by atoms with Crippen molar-refractivity contribution in [1.82, 2.24) is 0 Å². The van der Waals surface area contributed by atoms with Crippen LogP contribution in [-0.4, -0.2) is 26.1 Å². The molecule has 0 aliphatic rings. The van der Waals surface area contributed by atoms with Crippen LogP contribution in [-0.2, 0) is 13.4 Å². The molecule has 0 saturated carbocycles. The molecule has 0 aromatic carbocycles. The summed E-state index contributed by atoms with van der Waals surface area (Å²) in [6.45, 7) is 9.99. The van der Waals surface area contributed by atoms with Gasteiger partial charge in [0.2, 0.25) is 0 Å². The van der Waals surface area contributed by atoms with E-state index >= 15 is 0 Å². The fourth-order valence-electron chi connectivity index (χ4n) is 1.18. The van der Waals surface area contributed by atoms with Crippen LogP contribution in [0.1, 0.15) is 20.8 Å². The third kappa shape index (κ3) is 7.41. The third-order valence-corrected chi connectivity index (χ3v) is 4.18. The molecular formula is C9H20O3SSi. The molecule has 14 heavy (non-hydrogen) atoms. The van der Waals surface area contributed by atoms with Crippen molar-refractivity contribution in [3.05, 3.63) is 0 Å². The first-order chi connectivity index (χ1) is 6.37. The minimum Gasteiger partial charge on any atom is -0.414 e. The molecule has 0 bridgehead atoms. The zero-order valence-corrected chi connectivity index (χ0v) is 11.4. The molecule has 3 nitrogen and oxygen atoms in total. The summed E-state index contributed by atoms with van der Waals surface area (Å²) in [6.07, 6.45) is 0.184. The smallest absolute Gasteiger partial charge is 0.317 e. The van der Waals surface area contributed by atoms with Crippen LogP contribution in [0.5, 0.6) is 0 Å². The minimum atomic E-state index is -1.87. The molecule has 0 radical (unpaired) electrons. The Morgan fingerprint density at radius 2 is 2.00 bits per heavy atom. The summed E-state index contributed by atoms with van der Waals surface area (Å²) in [5, 5.41) is 0. The fourth-order valence-corrected chi connectivity index (χ4v) is 3.72. The summed E-state index contributed by atoms with van der Waals surface area (Å²) >= 11 is 1.19. The van der Waals surface area contributed by atoms with Gasteiger partial charge in [0.15, 0.2) is 8.32 Å². The van der Waals surface area contributed by atoms with Crippen LogP contribution in [0.15, 0.2) is 0 Å². The molecule has 0 aliphatic heterocycles. The second kappa shape index (κ2) is 6.47. The predicted molar refractivity (Wildman–Crippen MR) is 62.7 cm³/mol. The number of rotatable bonds is 6. The highest BCUT2D eigenvalue weighted by Crippen LogP contribution is 2.16. The van der Waals surface area contributed by atoms with Crippen molar-refractivity contribution in [2.24, 2.45) is 0 Å². The molecule has 0 unspecified atom stereocenters. The van der Waals surface area contributed by atoms with Crippen LogP contribution >= 0.6 is 12.0 Å². The third-order valence-electron chi connectivity index (χ3n) is 1.39. The van der Waals surface area contributed by atoms with Crippen molar-refractivity contribution >= 4 is 26.3 Å². The van der Waals surface area contributed by atoms with Gasteiger partial charge >= 0.3 is 5.97 Å². The van der Waals surface area contributed by atoms with Crippen molar-refractivity contribution in [3.63, 3.8) is 0 Å². The Kier molecular flexibility index (Phi) is 6.47. The first-order valence-corrected chi connectivity index (χ1v) is 8.90. The van der Waals surface area contributed by atoms with E-state index in [0.717, 1.165) is 5.75 Å². The van der Waals surface area contributed by atoms with Crippen LogP contribution in [0.4, 0.5) is 0 Å².